The van der Waals surface area contributed by atoms with Crippen molar-refractivity contribution < 1.29 is 0 Å². The molecule has 4 nitrogen and oxygen atoms in total. The van der Waals surface area contributed by atoms with Gasteiger partial charge in [0.25, 0.3) is 0 Å². The summed E-state index contributed by atoms with van der Waals surface area (Å²) in [4.78, 5) is 13.4. The van der Waals surface area contributed by atoms with Gasteiger partial charge in [-0.2, -0.15) is 0 Å². The van der Waals surface area contributed by atoms with Gasteiger partial charge in [0.1, 0.15) is 11.5 Å². The van der Waals surface area contributed by atoms with Crippen LogP contribution in [0.1, 0.15) is 45.1 Å². The van der Waals surface area contributed by atoms with Crippen molar-refractivity contribution in [1.29, 1.82) is 0 Å². The van der Waals surface area contributed by atoms with Crippen molar-refractivity contribution in [3.63, 3.8) is 0 Å². The molecule has 0 aromatic carbocycles. The number of aliphatic imine (C=N–C) groups is 1. The van der Waals surface area contributed by atoms with Crippen LogP contribution in [0.15, 0.2) is 4.99 Å². The number of hydrogen-bond donors (Lipinski definition) is 1. The lowest BCUT2D eigenvalue weighted by atomic mass is 10.2. The first-order valence-corrected chi connectivity index (χ1v) is 5.77. The van der Waals surface area contributed by atoms with Gasteiger partial charge >= 0.3 is 0 Å². The Morgan fingerprint density at radius 2 is 1.94 bits per heavy atom. The molecule has 0 fully saturated rings. The van der Waals surface area contributed by atoms with Crippen molar-refractivity contribution >= 4 is 17.7 Å². The maximum absolute atomic E-state index is 4.55. The van der Waals surface area contributed by atoms with Crippen molar-refractivity contribution in [2.24, 2.45) is 4.99 Å². The van der Waals surface area contributed by atoms with Crippen molar-refractivity contribution in [3.8, 4) is 0 Å². The first-order chi connectivity index (χ1) is 7.58. The zero-order valence-electron chi connectivity index (χ0n) is 10.3. The molecule has 2 rings (SSSR count). The van der Waals surface area contributed by atoms with E-state index in [1.165, 1.54) is 0 Å². The summed E-state index contributed by atoms with van der Waals surface area (Å²) >= 11 is 0. The van der Waals surface area contributed by atoms with Crippen LogP contribution in [0.3, 0.4) is 0 Å². The molecule has 1 aliphatic rings. The van der Waals surface area contributed by atoms with Crippen LogP contribution >= 0.6 is 0 Å². The molecular formula is C12H18N4. The molecule has 1 aromatic heterocycles. The number of anilines is 1. The molecule has 1 aromatic rings. The van der Waals surface area contributed by atoms with E-state index < -0.39 is 0 Å². The van der Waals surface area contributed by atoms with Gasteiger partial charge in [0, 0.05) is 24.6 Å². The summed E-state index contributed by atoms with van der Waals surface area (Å²) in [5.41, 5.74) is 1.96. The van der Waals surface area contributed by atoms with Crippen molar-refractivity contribution in [1.82, 2.24) is 9.97 Å². The fourth-order valence-electron chi connectivity index (χ4n) is 1.65. The molecule has 0 saturated carbocycles. The largest absolute Gasteiger partial charge is 0.366 e. The highest BCUT2D eigenvalue weighted by atomic mass is 15.1. The zero-order chi connectivity index (χ0) is 11.7. The predicted octanol–water partition coefficient (Wildman–Crippen LogP) is 2.68. The molecule has 16 heavy (non-hydrogen) atoms. The second-order valence-corrected chi connectivity index (χ2v) is 4.70. The Labute approximate surface area is 96.2 Å². The normalized spacial score (nSPS) is 13.6. The standard InChI is InChI=1S/C12H18N4/c1-7(2)11-15-9-5-6-13-10(9)12(16-11)14-8(3)4/h6-8H,5H2,1-4H3,(H,14,15,16). The first kappa shape index (κ1) is 11.0. The van der Waals surface area contributed by atoms with E-state index in [2.05, 4.69) is 48.0 Å². The summed E-state index contributed by atoms with van der Waals surface area (Å²) in [7, 11) is 0. The third-order valence-electron chi connectivity index (χ3n) is 2.42. The zero-order valence-corrected chi connectivity index (χ0v) is 10.3. The third-order valence-corrected chi connectivity index (χ3v) is 2.42. The molecular weight excluding hydrogens is 200 g/mol. The van der Waals surface area contributed by atoms with Crippen LogP contribution < -0.4 is 5.32 Å². The van der Waals surface area contributed by atoms with Crippen LogP contribution in [-0.4, -0.2) is 22.2 Å². The maximum Gasteiger partial charge on any atom is 0.156 e. The lowest BCUT2D eigenvalue weighted by molar-refractivity contribution is 0.762. The van der Waals surface area contributed by atoms with Crippen molar-refractivity contribution in [2.45, 2.75) is 46.1 Å². The van der Waals surface area contributed by atoms with Gasteiger partial charge in [0.15, 0.2) is 5.82 Å². The van der Waals surface area contributed by atoms with Gasteiger partial charge in [0.05, 0.1) is 5.69 Å². The second-order valence-electron chi connectivity index (χ2n) is 4.70. The molecule has 0 spiro atoms. The lowest BCUT2D eigenvalue weighted by Gasteiger charge is -2.14. The van der Waals surface area contributed by atoms with Crippen LogP contribution in [0.2, 0.25) is 0 Å². The Morgan fingerprint density at radius 3 is 2.56 bits per heavy atom. The monoisotopic (exact) mass is 218 g/mol. The van der Waals surface area contributed by atoms with E-state index in [-0.39, 0.29) is 0 Å². The van der Waals surface area contributed by atoms with Crippen LogP contribution in [0.4, 0.5) is 11.5 Å². The smallest absolute Gasteiger partial charge is 0.156 e. The Morgan fingerprint density at radius 1 is 1.19 bits per heavy atom. The van der Waals surface area contributed by atoms with E-state index in [4.69, 9.17) is 0 Å². The molecule has 0 saturated heterocycles. The molecule has 1 N–H and O–H groups in total. The number of aromatic nitrogens is 2. The fourth-order valence-corrected chi connectivity index (χ4v) is 1.65. The molecule has 0 unspecified atom stereocenters. The first-order valence-electron chi connectivity index (χ1n) is 5.77. The van der Waals surface area contributed by atoms with Crippen molar-refractivity contribution in [2.75, 3.05) is 5.32 Å². The van der Waals surface area contributed by atoms with Gasteiger partial charge in [-0.1, -0.05) is 13.8 Å². The van der Waals surface area contributed by atoms with E-state index >= 15 is 0 Å². The summed E-state index contributed by atoms with van der Waals surface area (Å²) in [5, 5.41) is 3.34. The quantitative estimate of drug-likeness (QED) is 0.848. The molecule has 4 heteroatoms. The number of nitrogens with zero attached hydrogens (tertiary/aromatic N) is 3. The molecule has 0 atom stereocenters. The van der Waals surface area contributed by atoms with Crippen LogP contribution in [0.25, 0.3) is 0 Å². The van der Waals surface area contributed by atoms with E-state index in [0.717, 1.165) is 29.4 Å². The Bertz CT molecular complexity index is 421. The maximum atomic E-state index is 4.55. The minimum atomic E-state index is 0.346. The summed E-state index contributed by atoms with van der Waals surface area (Å²) < 4.78 is 0. The molecule has 0 amide bonds. The van der Waals surface area contributed by atoms with Gasteiger partial charge in [-0.3, -0.25) is 4.99 Å². The lowest BCUT2D eigenvalue weighted by Crippen LogP contribution is -2.13. The Kier molecular flexibility index (Phi) is 2.90. The van der Waals surface area contributed by atoms with E-state index in [0.29, 0.717) is 12.0 Å². The van der Waals surface area contributed by atoms with E-state index in [1.807, 2.05) is 6.21 Å². The average Bonchev–Trinajstić information content (AvgIpc) is 2.64. The fraction of sp³-hybridized carbons (Fsp3) is 0.583. The number of fused-ring (bicyclic) bond motifs is 1. The number of rotatable bonds is 3. The number of hydrogen-bond acceptors (Lipinski definition) is 4. The van der Waals surface area contributed by atoms with Gasteiger partial charge in [0.2, 0.25) is 0 Å². The van der Waals surface area contributed by atoms with Crippen LogP contribution in [0.5, 0.6) is 0 Å². The Hall–Kier alpha value is -1.45. The summed E-state index contributed by atoms with van der Waals surface area (Å²) in [5.74, 6) is 2.11. The minimum absolute atomic E-state index is 0.346. The van der Waals surface area contributed by atoms with E-state index in [1.54, 1.807) is 0 Å². The SMILES string of the molecule is CC(C)Nc1nc(C(C)C)nc2c1N=CC2. The molecule has 1 aliphatic heterocycles. The van der Waals surface area contributed by atoms with Gasteiger partial charge in [-0.15, -0.1) is 0 Å². The van der Waals surface area contributed by atoms with E-state index in [9.17, 15) is 0 Å². The highest BCUT2D eigenvalue weighted by molar-refractivity contribution is 5.80. The predicted molar refractivity (Wildman–Crippen MR) is 66.7 cm³/mol. The number of nitrogens with one attached hydrogen (secondary N) is 1. The second kappa shape index (κ2) is 4.20. The topological polar surface area (TPSA) is 50.2 Å². The highest BCUT2D eigenvalue weighted by Crippen LogP contribution is 2.31. The molecule has 0 radical (unpaired) electrons. The molecule has 0 bridgehead atoms. The van der Waals surface area contributed by atoms with Crippen LogP contribution in [0, 0.1) is 0 Å². The van der Waals surface area contributed by atoms with Gasteiger partial charge < -0.3 is 5.32 Å². The molecule has 0 aliphatic carbocycles. The molecule has 2 heterocycles. The third kappa shape index (κ3) is 2.05. The van der Waals surface area contributed by atoms with Gasteiger partial charge in [-0.25, -0.2) is 9.97 Å². The summed E-state index contributed by atoms with van der Waals surface area (Å²) in [6, 6.07) is 0.356. The average molecular weight is 218 g/mol. The highest BCUT2D eigenvalue weighted by Gasteiger charge is 2.18. The Balaban J connectivity index is 2.44. The molecule has 86 valence electrons. The van der Waals surface area contributed by atoms with Crippen LogP contribution in [-0.2, 0) is 6.42 Å². The minimum Gasteiger partial charge on any atom is -0.366 e. The summed E-state index contributed by atoms with van der Waals surface area (Å²) in [6.07, 6.45) is 2.72. The summed E-state index contributed by atoms with van der Waals surface area (Å²) in [6.45, 7) is 8.41. The van der Waals surface area contributed by atoms with Crippen molar-refractivity contribution in [3.05, 3.63) is 11.5 Å². The van der Waals surface area contributed by atoms with Gasteiger partial charge in [-0.05, 0) is 13.8 Å².